The standard InChI is InChI=1S/C26H22F2N4O2/c1-3-32-24-16(13-29-31-23(24)19-9-6-17(27)12-22(19)28)11-21(26(32)34)20-10-15(5-4-14(20)2)25(33)30-18-7-8-18/h4-6,9-13,18H,3,7-8H2,1-2H3,(H,30,33). The second-order valence-electron chi connectivity index (χ2n) is 8.51. The number of carbonyl (C=O) groups is 1. The summed E-state index contributed by atoms with van der Waals surface area (Å²) in [5.41, 5.74) is 2.71. The lowest BCUT2D eigenvalue weighted by molar-refractivity contribution is 0.0951. The van der Waals surface area contributed by atoms with Crippen LogP contribution in [-0.2, 0) is 6.54 Å². The Morgan fingerprint density at radius 2 is 1.88 bits per heavy atom. The molecule has 1 aliphatic carbocycles. The van der Waals surface area contributed by atoms with Gasteiger partial charge in [-0.1, -0.05) is 6.07 Å². The molecule has 0 saturated heterocycles. The number of nitrogens with zero attached hydrogens (tertiary/aromatic N) is 3. The Labute approximate surface area is 194 Å². The predicted molar refractivity (Wildman–Crippen MR) is 125 cm³/mol. The molecule has 34 heavy (non-hydrogen) atoms. The minimum Gasteiger partial charge on any atom is -0.349 e. The van der Waals surface area contributed by atoms with Gasteiger partial charge in [-0.25, -0.2) is 8.78 Å². The van der Waals surface area contributed by atoms with Crippen LogP contribution >= 0.6 is 0 Å². The van der Waals surface area contributed by atoms with E-state index in [0.717, 1.165) is 30.5 Å². The van der Waals surface area contributed by atoms with Gasteiger partial charge in [-0.05, 0) is 68.1 Å². The first-order valence-corrected chi connectivity index (χ1v) is 11.1. The SMILES string of the molecule is CCn1c(=O)c(-c2cc(C(=O)NC3CC3)ccc2C)cc2cnnc(-c3ccc(F)cc3F)c21. The van der Waals surface area contributed by atoms with Gasteiger partial charge in [-0.2, -0.15) is 5.10 Å². The number of carbonyl (C=O) groups excluding carboxylic acids is 1. The Morgan fingerprint density at radius 1 is 1.09 bits per heavy atom. The Morgan fingerprint density at radius 3 is 2.59 bits per heavy atom. The number of hydrogen-bond acceptors (Lipinski definition) is 4. The fourth-order valence-corrected chi connectivity index (χ4v) is 4.15. The summed E-state index contributed by atoms with van der Waals surface area (Å²) in [4.78, 5) is 26.2. The van der Waals surface area contributed by atoms with Crippen molar-refractivity contribution in [2.75, 3.05) is 0 Å². The maximum absolute atomic E-state index is 14.6. The molecule has 0 atom stereocenters. The summed E-state index contributed by atoms with van der Waals surface area (Å²) < 4.78 is 29.6. The molecule has 1 amide bonds. The van der Waals surface area contributed by atoms with Gasteiger partial charge in [-0.3, -0.25) is 9.59 Å². The molecule has 4 aromatic rings. The quantitative estimate of drug-likeness (QED) is 0.471. The molecule has 2 aromatic carbocycles. The third kappa shape index (κ3) is 3.85. The van der Waals surface area contributed by atoms with Gasteiger partial charge in [0, 0.05) is 40.7 Å². The number of aromatic nitrogens is 3. The zero-order valence-corrected chi connectivity index (χ0v) is 18.7. The minimum absolute atomic E-state index is 0.0591. The molecule has 6 nitrogen and oxygen atoms in total. The van der Waals surface area contributed by atoms with Gasteiger partial charge in [0.1, 0.15) is 17.3 Å². The largest absolute Gasteiger partial charge is 0.349 e. The highest BCUT2D eigenvalue weighted by molar-refractivity contribution is 5.97. The normalized spacial score (nSPS) is 13.3. The van der Waals surface area contributed by atoms with Crippen LogP contribution in [0.5, 0.6) is 0 Å². The molecule has 0 bridgehead atoms. The van der Waals surface area contributed by atoms with E-state index in [0.29, 0.717) is 34.1 Å². The van der Waals surface area contributed by atoms with E-state index in [2.05, 4.69) is 15.5 Å². The molecule has 0 spiro atoms. The first kappa shape index (κ1) is 21.9. The van der Waals surface area contributed by atoms with Crippen LogP contribution in [0.15, 0.2) is 53.5 Å². The Bertz CT molecular complexity index is 1510. The number of rotatable bonds is 5. The highest BCUT2D eigenvalue weighted by atomic mass is 19.1. The van der Waals surface area contributed by atoms with Gasteiger partial charge < -0.3 is 9.88 Å². The highest BCUT2D eigenvalue weighted by Crippen LogP contribution is 2.31. The van der Waals surface area contributed by atoms with Gasteiger partial charge in [0.2, 0.25) is 0 Å². The van der Waals surface area contributed by atoms with Gasteiger partial charge >= 0.3 is 0 Å². The number of halogens is 2. The topological polar surface area (TPSA) is 76.9 Å². The lowest BCUT2D eigenvalue weighted by Gasteiger charge is -2.16. The molecule has 5 rings (SSSR count). The van der Waals surface area contributed by atoms with Crippen molar-refractivity contribution in [1.29, 1.82) is 0 Å². The number of hydrogen-bond donors (Lipinski definition) is 1. The second-order valence-corrected chi connectivity index (χ2v) is 8.51. The van der Waals surface area contributed by atoms with Crippen molar-refractivity contribution in [3.63, 3.8) is 0 Å². The number of amides is 1. The van der Waals surface area contributed by atoms with E-state index < -0.39 is 11.6 Å². The average molecular weight is 460 g/mol. The van der Waals surface area contributed by atoms with E-state index in [1.165, 1.54) is 16.8 Å². The fourth-order valence-electron chi connectivity index (χ4n) is 4.15. The second kappa shape index (κ2) is 8.44. The Balaban J connectivity index is 1.71. The third-order valence-electron chi connectivity index (χ3n) is 6.10. The molecule has 2 aromatic heterocycles. The van der Waals surface area contributed by atoms with Crippen LogP contribution in [0.25, 0.3) is 33.3 Å². The summed E-state index contributed by atoms with van der Waals surface area (Å²) in [6.07, 6.45) is 3.47. The number of aryl methyl sites for hydroxylation is 2. The molecule has 0 unspecified atom stereocenters. The van der Waals surface area contributed by atoms with Crippen molar-refractivity contribution in [2.45, 2.75) is 39.3 Å². The summed E-state index contributed by atoms with van der Waals surface area (Å²) in [6, 6.07) is 10.4. The minimum atomic E-state index is -0.786. The summed E-state index contributed by atoms with van der Waals surface area (Å²) in [5, 5.41) is 11.6. The van der Waals surface area contributed by atoms with Crippen LogP contribution in [0.2, 0.25) is 0 Å². The van der Waals surface area contributed by atoms with Gasteiger partial charge in [0.05, 0.1) is 11.7 Å². The zero-order chi connectivity index (χ0) is 24.0. The van der Waals surface area contributed by atoms with Crippen LogP contribution in [-0.4, -0.2) is 26.7 Å². The number of fused-ring (bicyclic) bond motifs is 1. The molecule has 8 heteroatoms. The predicted octanol–water partition coefficient (Wildman–Crippen LogP) is 4.62. The summed E-state index contributed by atoms with van der Waals surface area (Å²) in [7, 11) is 0. The zero-order valence-electron chi connectivity index (χ0n) is 18.7. The van der Waals surface area contributed by atoms with E-state index in [1.807, 2.05) is 19.9 Å². The van der Waals surface area contributed by atoms with Crippen LogP contribution in [0.1, 0.15) is 35.7 Å². The van der Waals surface area contributed by atoms with Gasteiger partial charge in [0.25, 0.3) is 11.5 Å². The Hall–Kier alpha value is -3.94. The average Bonchev–Trinajstić information content (AvgIpc) is 3.63. The summed E-state index contributed by atoms with van der Waals surface area (Å²) >= 11 is 0. The number of pyridine rings is 1. The van der Waals surface area contributed by atoms with Gasteiger partial charge in [-0.15, -0.1) is 5.10 Å². The van der Waals surface area contributed by atoms with Crippen molar-refractivity contribution in [3.8, 4) is 22.4 Å². The third-order valence-corrected chi connectivity index (χ3v) is 6.10. The summed E-state index contributed by atoms with van der Waals surface area (Å²) in [5.74, 6) is -1.66. The van der Waals surface area contributed by atoms with Gasteiger partial charge in [0.15, 0.2) is 0 Å². The van der Waals surface area contributed by atoms with Crippen molar-refractivity contribution in [3.05, 3.63) is 81.8 Å². The molecule has 0 aliphatic heterocycles. The lowest BCUT2D eigenvalue weighted by Crippen LogP contribution is -2.26. The maximum Gasteiger partial charge on any atom is 0.258 e. The first-order valence-electron chi connectivity index (χ1n) is 11.1. The van der Waals surface area contributed by atoms with Crippen molar-refractivity contribution < 1.29 is 13.6 Å². The smallest absolute Gasteiger partial charge is 0.258 e. The van der Waals surface area contributed by atoms with E-state index in [-0.39, 0.29) is 28.8 Å². The molecule has 1 saturated carbocycles. The molecule has 2 heterocycles. The van der Waals surface area contributed by atoms with Crippen molar-refractivity contribution >= 4 is 16.8 Å². The number of nitrogens with one attached hydrogen (secondary N) is 1. The maximum atomic E-state index is 14.6. The van der Waals surface area contributed by atoms with Crippen molar-refractivity contribution in [1.82, 2.24) is 20.1 Å². The van der Waals surface area contributed by atoms with E-state index in [9.17, 15) is 18.4 Å². The monoisotopic (exact) mass is 460 g/mol. The molecule has 0 radical (unpaired) electrons. The molecular weight excluding hydrogens is 438 g/mol. The molecule has 1 fully saturated rings. The lowest BCUT2D eigenvalue weighted by atomic mass is 9.97. The van der Waals surface area contributed by atoms with Crippen LogP contribution < -0.4 is 10.9 Å². The summed E-state index contributed by atoms with van der Waals surface area (Å²) in [6.45, 7) is 3.98. The molecule has 172 valence electrons. The molecular formula is C26H22F2N4O2. The van der Waals surface area contributed by atoms with E-state index >= 15 is 0 Å². The van der Waals surface area contributed by atoms with Crippen LogP contribution in [0.3, 0.4) is 0 Å². The van der Waals surface area contributed by atoms with Crippen LogP contribution in [0, 0.1) is 18.6 Å². The van der Waals surface area contributed by atoms with E-state index in [4.69, 9.17) is 0 Å². The fraction of sp³-hybridized carbons (Fsp3) is 0.231. The molecule has 1 N–H and O–H groups in total. The van der Waals surface area contributed by atoms with E-state index in [1.54, 1.807) is 18.2 Å². The molecule has 1 aliphatic rings. The Kier molecular flexibility index (Phi) is 5.43. The highest BCUT2D eigenvalue weighted by Gasteiger charge is 2.24. The van der Waals surface area contributed by atoms with Crippen LogP contribution in [0.4, 0.5) is 8.78 Å². The van der Waals surface area contributed by atoms with Crippen molar-refractivity contribution in [2.24, 2.45) is 0 Å². The first-order chi connectivity index (χ1) is 16.4. The number of benzene rings is 2.